The van der Waals surface area contributed by atoms with E-state index < -0.39 is 0 Å². The van der Waals surface area contributed by atoms with Crippen molar-refractivity contribution in [3.63, 3.8) is 0 Å². The number of hydrogen-bond donors (Lipinski definition) is 1. The third-order valence-electron chi connectivity index (χ3n) is 4.82. The molecule has 2 heterocycles. The molecule has 27 heavy (non-hydrogen) atoms. The van der Waals surface area contributed by atoms with Crippen LogP contribution >= 0.6 is 0 Å². The maximum Gasteiger partial charge on any atom is 0.293 e. The second-order valence-electron chi connectivity index (χ2n) is 6.78. The van der Waals surface area contributed by atoms with Crippen molar-refractivity contribution in [1.82, 2.24) is 14.9 Å². The molecule has 1 aliphatic heterocycles. The number of hydrogen-bond acceptors (Lipinski definition) is 6. The summed E-state index contributed by atoms with van der Waals surface area (Å²) in [5.41, 5.74) is 1.08. The first kappa shape index (κ1) is 19.4. The van der Waals surface area contributed by atoms with Gasteiger partial charge in [0.05, 0.1) is 6.61 Å². The van der Waals surface area contributed by atoms with Crippen LogP contribution in [0, 0.1) is 0 Å². The van der Waals surface area contributed by atoms with Crippen molar-refractivity contribution in [2.45, 2.75) is 25.4 Å². The van der Waals surface area contributed by atoms with Crippen LogP contribution in [0.5, 0.6) is 5.75 Å². The monoisotopic (exact) mass is 372 g/mol. The van der Waals surface area contributed by atoms with Crippen molar-refractivity contribution in [2.24, 2.45) is 7.05 Å². The van der Waals surface area contributed by atoms with Crippen LogP contribution in [0.1, 0.15) is 18.4 Å². The Morgan fingerprint density at radius 3 is 3.00 bits per heavy atom. The molecule has 1 aliphatic rings. The number of nitrogens with zero attached hydrogens (tertiary/aromatic N) is 3. The van der Waals surface area contributed by atoms with Gasteiger partial charge in [0, 0.05) is 57.8 Å². The Hall–Kier alpha value is -2.38. The first-order chi connectivity index (χ1) is 13.2. The number of para-hydroxylation sites is 1. The molecule has 7 heteroatoms. The van der Waals surface area contributed by atoms with E-state index in [2.05, 4.69) is 21.3 Å². The van der Waals surface area contributed by atoms with Crippen molar-refractivity contribution in [3.05, 3.63) is 52.6 Å². The summed E-state index contributed by atoms with van der Waals surface area (Å²) in [6.07, 6.45) is 5.48. The lowest BCUT2D eigenvalue weighted by Gasteiger charge is -2.33. The fourth-order valence-corrected chi connectivity index (χ4v) is 3.32. The van der Waals surface area contributed by atoms with E-state index in [-0.39, 0.29) is 5.56 Å². The zero-order valence-electron chi connectivity index (χ0n) is 16.1. The molecule has 1 atom stereocenters. The Morgan fingerprint density at radius 2 is 2.15 bits per heavy atom. The Balaban J connectivity index is 1.60. The summed E-state index contributed by atoms with van der Waals surface area (Å²) < 4.78 is 12.4. The van der Waals surface area contributed by atoms with Crippen LogP contribution in [0.2, 0.25) is 0 Å². The molecule has 1 saturated heterocycles. The van der Waals surface area contributed by atoms with Gasteiger partial charge in [0.1, 0.15) is 12.4 Å². The molecule has 1 fully saturated rings. The van der Waals surface area contributed by atoms with Crippen LogP contribution in [0.3, 0.4) is 0 Å². The number of methoxy groups -OCH3 is 1. The van der Waals surface area contributed by atoms with Gasteiger partial charge in [0.2, 0.25) is 0 Å². The minimum Gasteiger partial charge on any atom is -0.491 e. The van der Waals surface area contributed by atoms with Gasteiger partial charge in [-0.25, -0.2) is 4.98 Å². The molecule has 1 aromatic carbocycles. The number of anilines is 1. The molecule has 2 aromatic rings. The minimum atomic E-state index is -0.0463. The largest absolute Gasteiger partial charge is 0.491 e. The zero-order chi connectivity index (χ0) is 19.1. The third kappa shape index (κ3) is 5.08. The van der Waals surface area contributed by atoms with Crippen molar-refractivity contribution < 1.29 is 9.47 Å². The molecule has 0 aliphatic carbocycles. The molecule has 3 rings (SSSR count). The van der Waals surface area contributed by atoms with Crippen molar-refractivity contribution >= 4 is 5.82 Å². The summed E-state index contributed by atoms with van der Waals surface area (Å²) in [7, 11) is 3.42. The van der Waals surface area contributed by atoms with Crippen LogP contribution in [-0.2, 0) is 18.3 Å². The van der Waals surface area contributed by atoms with E-state index in [0.29, 0.717) is 25.1 Å². The number of piperidine rings is 1. The number of aryl methyl sites for hydroxylation is 1. The predicted octanol–water partition coefficient (Wildman–Crippen LogP) is 1.56. The van der Waals surface area contributed by atoms with Crippen LogP contribution in [-0.4, -0.2) is 49.0 Å². The standard InChI is InChI=1S/C20H28N4O3/c1-23-11-9-21-19(20(23)25)24-10-5-7-17(15-24)22-14-16-6-3-4-8-18(16)27-13-12-26-2/h3-4,6,8-9,11,17,22H,5,7,10,12-15H2,1-2H3/t17-/m0/s1. The van der Waals surface area contributed by atoms with E-state index in [9.17, 15) is 4.79 Å². The summed E-state index contributed by atoms with van der Waals surface area (Å²) in [5, 5.41) is 3.61. The minimum absolute atomic E-state index is 0.0463. The lowest BCUT2D eigenvalue weighted by molar-refractivity contribution is 0.145. The van der Waals surface area contributed by atoms with E-state index in [1.165, 1.54) is 0 Å². The highest BCUT2D eigenvalue weighted by molar-refractivity contribution is 5.37. The first-order valence-corrected chi connectivity index (χ1v) is 9.38. The SMILES string of the molecule is COCCOc1ccccc1CN[C@H]1CCCN(c2nccn(C)c2=O)C1. The van der Waals surface area contributed by atoms with Crippen LogP contribution in [0.15, 0.2) is 41.5 Å². The maximum atomic E-state index is 12.3. The summed E-state index contributed by atoms with van der Waals surface area (Å²) in [6, 6.07) is 8.36. The molecule has 7 nitrogen and oxygen atoms in total. The lowest BCUT2D eigenvalue weighted by atomic mass is 10.1. The van der Waals surface area contributed by atoms with Gasteiger partial charge in [-0.15, -0.1) is 0 Å². The molecule has 146 valence electrons. The van der Waals surface area contributed by atoms with Gasteiger partial charge in [0.15, 0.2) is 5.82 Å². The van der Waals surface area contributed by atoms with Gasteiger partial charge in [-0.1, -0.05) is 18.2 Å². The van der Waals surface area contributed by atoms with Gasteiger partial charge in [-0.2, -0.15) is 0 Å². The Morgan fingerprint density at radius 1 is 1.30 bits per heavy atom. The van der Waals surface area contributed by atoms with E-state index in [1.54, 1.807) is 31.1 Å². The zero-order valence-corrected chi connectivity index (χ0v) is 16.1. The van der Waals surface area contributed by atoms with Gasteiger partial charge in [-0.05, 0) is 18.9 Å². The number of benzene rings is 1. The third-order valence-corrected chi connectivity index (χ3v) is 4.82. The van der Waals surface area contributed by atoms with Crippen LogP contribution in [0.25, 0.3) is 0 Å². The molecular formula is C20H28N4O3. The molecule has 0 spiro atoms. The Labute approximate surface area is 159 Å². The smallest absolute Gasteiger partial charge is 0.293 e. The average molecular weight is 372 g/mol. The van der Waals surface area contributed by atoms with Crippen molar-refractivity contribution in [3.8, 4) is 5.75 Å². The predicted molar refractivity (Wildman–Crippen MR) is 105 cm³/mol. The molecule has 0 radical (unpaired) electrons. The second-order valence-corrected chi connectivity index (χ2v) is 6.78. The highest BCUT2D eigenvalue weighted by atomic mass is 16.5. The highest BCUT2D eigenvalue weighted by Crippen LogP contribution is 2.19. The van der Waals surface area contributed by atoms with E-state index in [1.807, 2.05) is 18.2 Å². The van der Waals surface area contributed by atoms with Gasteiger partial charge in [-0.3, -0.25) is 4.79 Å². The molecule has 0 saturated carbocycles. The normalized spacial score (nSPS) is 17.1. The number of aromatic nitrogens is 2. The summed E-state index contributed by atoms with van der Waals surface area (Å²) in [6.45, 7) is 3.47. The van der Waals surface area contributed by atoms with Crippen molar-refractivity contribution in [1.29, 1.82) is 0 Å². The topological polar surface area (TPSA) is 68.6 Å². The Kier molecular flexibility index (Phi) is 6.84. The molecule has 0 bridgehead atoms. The lowest BCUT2D eigenvalue weighted by Crippen LogP contribution is -2.47. The molecule has 0 amide bonds. The fourth-order valence-electron chi connectivity index (χ4n) is 3.32. The molecule has 1 aromatic heterocycles. The maximum absolute atomic E-state index is 12.3. The number of ether oxygens (including phenoxy) is 2. The van der Waals surface area contributed by atoms with E-state index in [0.717, 1.165) is 43.8 Å². The quantitative estimate of drug-likeness (QED) is 0.710. The number of nitrogens with one attached hydrogen (secondary N) is 1. The molecule has 0 unspecified atom stereocenters. The molecular weight excluding hydrogens is 344 g/mol. The average Bonchev–Trinajstić information content (AvgIpc) is 2.70. The Bertz CT molecular complexity index is 793. The van der Waals surface area contributed by atoms with Crippen molar-refractivity contribution in [2.75, 3.05) is 38.3 Å². The summed E-state index contributed by atoms with van der Waals surface area (Å²) in [4.78, 5) is 18.7. The van der Waals surface area contributed by atoms with Gasteiger partial charge >= 0.3 is 0 Å². The highest BCUT2D eigenvalue weighted by Gasteiger charge is 2.23. The van der Waals surface area contributed by atoms with Gasteiger partial charge in [0.25, 0.3) is 5.56 Å². The van der Waals surface area contributed by atoms with E-state index in [4.69, 9.17) is 9.47 Å². The summed E-state index contributed by atoms with van der Waals surface area (Å²) >= 11 is 0. The number of rotatable bonds is 8. The first-order valence-electron chi connectivity index (χ1n) is 9.38. The summed E-state index contributed by atoms with van der Waals surface area (Å²) in [5.74, 6) is 1.42. The van der Waals surface area contributed by atoms with Gasteiger partial charge < -0.3 is 24.3 Å². The van der Waals surface area contributed by atoms with E-state index >= 15 is 0 Å². The van der Waals surface area contributed by atoms with Crippen LogP contribution in [0.4, 0.5) is 5.82 Å². The second kappa shape index (κ2) is 9.53. The van der Waals surface area contributed by atoms with Crippen LogP contribution < -0.4 is 20.5 Å². The molecule has 1 N–H and O–H groups in total. The fraction of sp³-hybridized carbons (Fsp3) is 0.500.